The van der Waals surface area contributed by atoms with E-state index in [4.69, 9.17) is 29.8 Å². The number of ether oxygens (including phenoxy) is 3. The normalized spacial score (nSPS) is 14.3. The molecule has 1 aliphatic rings. The van der Waals surface area contributed by atoms with Crippen molar-refractivity contribution in [1.29, 1.82) is 0 Å². The van der Waals surface area contributed by atoms with Crippen LogP contribution in [0.25, 0.3) is 16.6 Å². The van der Waals surface area contributed by atoms with E-state index >= 15 is 0 Å². The van der Waals surface area contributed by atoms with Crippen LogP contribution in [0, 0.1) is 5.82 Å². The van der Waals surface area contributed by atoms with Crippen molar-refractivity contribution in [2.24, 2.45) is 5.73 Å². The Morgan fingerprint density at radius 3 is 2.34 bits per heavy atom. The van der Waals surface area contributed by atoms with Gasteiger partial charge in [0.15, 0.2) is 11.5 Å². The van der Waals surface area contributed by atoms with Crippen molar-refractivity contribution in [3.63, 3.8) is 0 Å². The molecule has 2 atom stereocenters. The molecule has 5 rings (SSSR count). The minimum Gasteiger partial charge on any atom is -0.486 e. The highest BCUT2D eigenvalue weighted by Crippen LogP contribution is 2.35. The number of carboxylic acid groups (broad SMARTS) is 1. The zero-order valence-corrected chi connectivity index (χ0v) is 20.0. The number of rotatable bonds is 5. The van der Waals surface area contributed by atoms with Gasteiger partial charge in [0.25, 0.3) is 0 Å². The molecule has 0 amide bonds. The first-order valence-electron chi connectivity index (χ1n) is 11.4. The first kappa shape index (κ1) is 26.7. The van der Waals surface area contributed by atoms with E-state index in [0.717, 1.165) is 27.9 Å². The third kappa shape index (κ3) is 6.14. The molecule has 3 N–H and O–H groups in total. The summed E-state index contributed by atoms with van der Waals surface area (Å²) in [6.07, 6.45) is -3.68. The fourth-order valence-corrected chi connectivity index (χ4v) is 3.73. The smallest absolute Gasteiger partial charge is 0.486 e. The van der Waals surface area contributed by atoms with Crippen LogP contribution in [-0.4, -0.2) is 46.3 Å². The van der Waals surface area contributed by atoms with Crippen molar-refractivity contribution >= 4 is 16.9 Å². The second-order valence-electron chi connectivity index (χ2n) is 8.36. The summed E-state index contributed by atoms with van der Waals surface area (Å²) in [4.78, 5) is 8.90. The number of fused-ring (bicyclic) bond motifs is 2. The van der Waals surface area contributed by atoms with Crippen molar-refractivity contribution in [3.05, 3.63) is 78.2 Å². The van der Waals surface area contributed by atoms with E-state index in [2.05, 4.69) is 5.10 Å². The summed E-state index contributed by atoms with van der Waals surface area (Å²) < 4.78 is 64.3. The van der Waals surface area contributed by atoms with E-state index in [1.807, 2.05) is 43.3 Å². The van der Waals surface area contributed by atoms with E-state index in [-0.39, 0.29) is 18.0 Å². The first-order valence-corrected chi connectivity index (χ1v) is 11.4. The summed E-state index contributed by atoms with van der Waals surface area (Å²) in [7, 11) is 0. The van der Waals surface area contributed by atoms with Crippen molar-refractivity contribution in [3.8, 4) is 22.9 Å². The topological polar surface area (TPSA) is 109 Å². The molecule has 2 heterocycles. The average molecular weight is 533 g/mol. The molecule has 0 aliphatic carbocycles. The lowest BCUT2D eigenvalue weighted by atomic mass is 10.0. The largest absolute Gasteiger partial charge is 0.490 e. The van der Waals surface area contributed by atoms with Gasteiger partial charge < -0.3 is 25.1 Å². The lowest BCUT2D eigenvalue weighted by molar-refractivity contribution is -0.192. The number of benzene rings is 3. The number of aromatic nitrogens is 2. The minimum atomic E-state index is -5.08. The fraction of sp³-hybridized carbons (Fsp3) is 0.231. The van der Waals surface area contributed by atoms with Crippen LogP contribution in [-0.2, 0) is 4.79 Å². The molecule has 0 unspecified atom stereocenters. The number of hydrogen-bond acceptors (Lipinski definition) is 6. The molecule has 4 aromatic rings. The van der Waals surface area contributed by atoms with Gasteiger partial charge in [0.1, 0.15) is 30.9 Å². The number of carbonyl (C=O) groups is 1. The van der Waals surface area contributed by atoms with E-state index < -0.39 is 12.1 Å². The number of alkyl halides is 3. The molecule has 0 saturated heterocycles. The maximum atomic E-state index is 13.2. The molecule has 200 valence electrons. The van der Waals surface area contributed by atoms with Crippen molar-refractivity contribution in [2.75, 3.05) is 13.2 Å². The zero-order valence-electron chi connectivity index (χ0n) is 20.0. The Morgan fingerprint density at radius 1 is 1.05 bits per heavy atom. The quantitative estimate of drug-likeness (QED) is 0.346. The number of hydrogen-bond donors (Lipinski definition) is 2. The van der Waals surface area contributed by atoms with Crippen LogP contribution in [0.2, 0.25) is 0 Å². The number of halogens is 4. The first-order chi connectivity index (χ1) is 18.0. The summed E-state index contributed by atoms with van der Waals surface area (Å²) in [5.74, 6) is -0.921. The van der Waals surface area contributed by atoms with Crippen LogP contribution in [0.5, 0.6) is 17.2 Å². The van der Waals surface area contributed by atoms with Gasteiger partial charge in [-0.25, -0.2) is 13.9 Å². The average Bonchev–Trinajstić information content (AvgIpc) is 3.30. The maximum absolute atomic E-state index is 13.2. The Labute approximate surface area is 214 Å². The Kier molecular flexibility index (Phi) is 7.72. The molecule has 8 nitrogen and oxygen atoms in total. The molecule has 0 fully saturated rings. The van der Waals surface area contributed by atoms with E-state index in [1.54, 1.807) is 23.0 Å². The Balaban J connectivity index is 0.000000426. The lowest BCUT2D eigenvalue weighted by Gasteiger charge is -2.25. The molecule has 1 aliphatic heterocycles. The number of aliphatic carboxylic acids is 1. The summed E-state index contributed by atoms with van der Waals surface area (Å²) in [6, 6.07) is 17.5. The predicted molar refractivity (Wildman–Crippen MR) is 129 cm³/mol. The standard InChI is InChI=1S/C24H22FN3O3.C2HF3O2/c1-15(26)24(16-2-9-22-23(13-16)30-11-10-29-22)31-20-7-8-21-17(12-20)14-27-28(21)19-5-3-18(25)4-6-19;3-2(4,5)1(6)7/h2-9,12-15,24H,10-11,26H2,1H3;(H,6,7)/t15-,24-;/m0./s1. The Morgan fingerprint density at radius 2 is 1.71 bits per heavy atom. The minimum absolute atomic E-state index is 0.250. The zero-order chi connectivity index (χ0) is 27.4. The molecule has 0 bridgehead atoms. The van der Waals surface area contributed by atoms with Gasteiger partial charge in [-0.15, -0.1) is 0 Å². The highest BCUT2D eigenvalue weighted by atomic mass is 19.4. The molecule has 0 radical (unpaired) electrons. The lowest BCUT2D eigenvalue weighted by Crippen LogP contribution is -2.29. The molecule has 0 saturated carbocycles. The molecular formula is C26H23F4N3O5. The van der Waals surface area contributed by atoms with Crippen LogP contribution < -0.4 is 19.9 Å². The van der Waals surface area contributed by atoms with Gasteiger partial charge >= 0.3 is 12.1 Å². The summed E-state index contributed by atoms with van der Waals surface area (Å²) in [6.45, 7) is 2.98. The second-order valence-corrected chi connectivity index (χ2v) is 8.36. The van der Waals surface area contributed by atoms with E-state index in [1.165, 1.54) is 12.1 Å². The molecule has 1 aromatic heterocycles. The summed E-state index contributed by atoms with van der Waals surface area (Å²) in [5.41, 5.74) is 8.86. The van der Waals surface area contributed by atoms with Gasteiger partial charge in [-0.1, -0.05) is 6.07 Å². The van der Waals surface area contributed by atoms with Gasteiger partial charge in [0.05, 0.1) is 17.4 Å². The number of nitrogens with zero attached hydrogens (tertiary/aromatic N) is 2. The number of nitrogens with two attached hydrogens (primary N) is 1. The molecule has 0 spiro atoms. The van der Waals surface area contributed by atoms with E-state index in [9.17, 15) is 17.6 Å². The van der Waals surface area contributed by atoms with Gasteiger partial charge in [0.2, 0.25) is 0 Å². The molecule has 38 heavy (non-hydrogen) atoms. The number of carboxylic acids is 1. The predicted octanol–water partition coefficient (Wildman–Crippen LogP) is 5.04. The van der Waals surface area contributed by atoms with Crippen LogP contribution >= 0.6 is 0 Å². The maximum Gasteiger partial charge on any atom is 0.490 e. The van der Waals surface area contributed by atoms with Crippen molar-refractivity contribution in [2.45, 2.75) is 25.2 Å². The summed E-state index contributed by atoms with van der Waals surface area (Å²) in [5, 5.41) is 12.5. The molecule has 3 aromatic carbocycles. The van der Waals surface area contributed by atoms with Crippen molar-refractivity contribution < 1.29 is 41.7 Å². The Hall–Kier alpha value is -4.32. The van der Waals surface area contributed by atoms with Crippen LogP contribution in [0.3, 0.4) is 0 Å². The van der Waals surface area contributed by atoms with Crippen LogP contribution in [0.4, 0.5) is 17.6 Å². The van der Waals surface area contributed by atoms with Gasteiger partial charge in [0, 0.05) is 11.4 Å². The fourth-order valence-electron chi connectivity index (χ4n) is 3.73. The van der Waals surface area contributed by atoms with E-state index in [0.29, 0.717) is 24.7 Å². The van der Waals surface area contributed by atoms with Crippen LogP contribution in [0.15, 0.2) is 66.9 Å². The highest BCUT2D eigenvalue weighted by molar-refractivity contribution is 5.81. The third-order valence-corrected chi connectivity index (χ3v) is 5.49. The highest BCUT2D eigenvalue weighted by Gasteiger charge is 2.38. The monoisotopic (exact) mass is 533 g/mol. The van der Waals surface area contributed by atoms with Gasteiger partial charge in [-0.3, -0.25) is 0 Å². The van der Waals surface area contributed by atoms with Gasteiger partial charge in [-0.05, 0) is 67.1 Å². The SMILES string of the molecule is C[C@H](N)[C@H](Oc1ccc2c(cnn2-c2ccc(F)cc2)c1)c1ccc2c(c1)OCCO2.O=C(O)C(F)(F)F. The second kappa shape index (κ2) is 11.0. The molecular weight excluding hydrogens is 510 g/mol. The van der Waals surface area contributed by atoms with Crippen molar-refractivity contribution in [1.82, 2.24) is 9.78 Å². The van der Waals surface area contributed by atoms with Gasteiger partial charge in [-0.2, -0.15) is 18.3 Å². The van der Waals surface area contributed by atoms with Crippen LogP contribution in [0.1, 0.15) is 18.6 Å². The Bertz CT molecular complexity index is 1420. The summed E-state index contributed by atoms with van der Waals surface area (Å²) >= 11 is 0. The third-order valence-electron chi connectivity index (χ3n) is 5.49. The molecule has 12 heteroatoms.